The number of nitrogens with zero attached hydrogens (tertiary/aromatic N) is 1. The molecule has 1 amide bonds. The highest BCUT2D eigenvalue weighted by molar-refractivity contribution is 5.81. The lowest BCUT2D eigenvalue weighted by molar-refractivity contribution is -0.188. The summed E-state index contributed by atoms with van der Waals surface area (Å²) in [6.07, 6.45) is 1.64. The smallest absolute Gasteiger partial charge is 0.237 e. The van der Waals surface area contributed by atoms with Crippen molar-refractivity contribution in [3.8, 4) is 5.75 Å². The number of likely N-dealkylation sites (tertiary alicyclic amines) is 1. The number of piperidine rings is 1. The molecule has 0 aliphatic carbocycles. The van der Waals surface area contributed by atoms with E-state index in [1.165, 1.54) is 0 Å². The van der Waals surface area contributed by atoms with E-state index in [-0.39, 0.29) is 11.9 Å². The van der Waals surface area contributed by atoms with Crippen LogP contribution in [0.1, 0.15) is 25.3 Å². The van der Waals surface area contributed by atoms with Crippen LogP contribution >= 0.6 is 0 Å². The van der Waals surface area contributed by atoms with E-state index in [2.05, 4.69) is 10.2 Å². The molecule has 1 spiro atoms. The van der Waals surface area contributed by atoms with Gasteiger partial charge in [0.25, 0.3) is 0 Å². The number of carbonyl (C=O) groups excluding carboxylic acids is 1. The highest BCUT2D eigenvalue weighted by Crippen LogP contribution is 2.31. The molecular formula is C19H28N2O4. The van der Waals surface area contributed by atoms with E-state index >= 15 is 0 Å². The molecule has 6 nitrogen and oxygen atoms in total. The topological polar surface area (TPSA) is 60.0 Å². The molecule has 2 aliphatic heterocycles. The number of carbonyl (C=O) groups is 1. The number of hydrogen-bond donors (Lipinski definition) is 1. The van der Waals surface area contributed by atoms with Gasteiger partial charge in [-0.2, -0.15) is 0 Å². The second-order valence-electron chi connectivity index (χ2n) is 6.78. The Kier molecular flexibility index (Phi) is 5.93. The lowest BCUT2D eigenvalue weighted by Crippen LogP contribution is -2.52. The fourth-order valence-corrected chi connectivity index (χ4v) is 3.40. The monoisotopic (exact) mass is 348 g/mol. The van der Waals surface area contributed by atoms with Crippen molar-refractivity contribution in [2.75, 3.05) is 39.5 Å². The van der Waals surface area contributed by atoms with Crippen molar-refractivity contribution in [2.24, 2.45) is 0 Å². The van der Waals surface area contributed by atoms with Crippen molar-refractivity contribution in [2.45, 2.75) is 38.5 Å². The van der Waals surface area contributed by atoms with Gasteiger partial charge in [-0.3, -0.25) is 9.69 Å². The summed E-state index contributed by atoms with van der Waals surface area (Å²) in [5.41, 5.74) is 1.16. The number of nitrogens with one attached hydrogen (secondary N) is 1. The minimum Gasteiger partial charge on any atom is -0.492 e. The first kappa shape index (κ1) is 18.2. The SMILES string of the molecule is Cc1cccc(OCCNC(=O)C(C)N2CCC3(CC2)OCCO3)c1. The molecule has 3 rings (SSSR count). The molecule has 2 fully saturated rings. The van der Waals surface area contributed by atoms with E-state index in [4.69, 9.17) is 14.2 Å². The Bertz CT molecular complexity index is 577. The highest BCUT2D eigenvalue weighted by Gasteiger charge is 2.41. The third kappa shape index (κ3) is 4.71. The summed E-state index contributed by atoms with van der Waals surface area (Å²) in [5, 5.41) is 2.96. The summed E-state index contributed by atoms with van der Waals surface area (Å²) in [6.45, 7) is 7.93. The highest BCUT2D eigenvalue weighted by atomic mass is 16.7. The summed E-state index contributed by atoms with van der Waals surface area (Å²) in [4.78, 5) is 14.5. The molecule has 25 heavy (non-hydrogen) atoms. The molecule has 0 aromatic heterocycles. The van der Waals surface area contributed by atoms with Gasteiger partial charge in [-0.25, -0.2) is 0 Å². The van der Waals surface area contributed by atoms with Gasteiger partial charge < -0.3 is 19.5 Å². The van der Waals surface area contributed by atoms with Crippen LogP contribution in [0.3, 0.4) is 0 Å². The van der Waals surface area contributed by atoms with Gasteiger partial charge in [0.05, 0.1) is 25.8 Å². The fourth-order valence-electron chi connectivity index (χ4n) is 3.40. The summed E-state index contributed by atoms with van der Waals surface area (Å²) in [5.74, 6) is 0.478. The average Bonchev–Trinajstić information content (AvgIpc) is 3.07. The second kappa shape index (κ2) is 8.17. The quantitative estimate of drug-likeness (QED) is 0.793. The lowest BCUT2D eigenvalue weighted by atomic mass is 10.0. The Balaban J connectivity index is 1.36. The van der Waals surface area contributed by atoms with E-state index in [0.29, 0.717) is 26.4 Å². The number of hydrogen-bond acceptors (Lipinski definition) is 5. The van der Waals surface area contributed by atoms with E-state index in [9.17, 15) is 4.79 Å². The fraction of sp³-hybridized carbons (Fsp3) is 0.632. The molecule has 138 valence electrons. The third-order valence-electron chi connectivity index (χ3n) is 4.96. The molecule has 2 heterocycles. The van der Waals surface area contributed by atoms with E-state index in [1.54, 1.807) is 0 Å². The van der Waals surface area contributed by atoms with Crippen LogP contribution < -0.4 is 10.1 Å². The van der Waals surface area contributed by atoms with Crippen LogP contribution in [0.2, 0.25) is 0 Å². The maximum Gasteiger partial charge on any atom is 0.237 e. The van der Waals surface area contributed by atoms with Gasteiger partial charge >= 0.3 is 0 Å². The van der Waals surface area contributed by atoms with Crippen LogP contribution in [-0.4, -0.2) is 62.1 Å². The molecule has 0 saturated carbocycles. The van der Waals surface area contributed by atoms with Crippen LogP contribution in [0.4, 0.5) is 0 Å². The molecule has 2 aliphatic rings. The minimum atomic E-state index is -0.394. The number of ether oxygens (including phenoxy) is 3. The van der Waals surface area contributed by atoms with E-state index in [1.807, 2.05) is 38.1 Å². The number of aryl methyl sites for hydroxylation is 1. The first-order valence-corrected chi connectivity index (χ1v) is 9.07. The molecule has 6 heteroatoms. The van der Waals surface area contributed by atoms with Crippen molar-refractivity contribution in [1.82, 2.24) is 10.2 Å². The van der Waals surface area contributed by atoms with Crippen LogP contribution in [-0.2, 0) is 14.3 Å². The second-order valence-corrected chi connectivity index (χ2v) is 6.78. The molecule has 1 unspecified atom stereocenters. The molecule has 1 aromatic rings. The zero-order chi connectivity index (χ0) is 17.7. The van der Waals surface area contributed by atoms with Crippen LogP contribution in [0, 0.1) is 6.92 Å². The van der Waals surface area contributed by atoms with Crippen LogP contribution in [0.15, 0.2) is 24.3 Å². The Morgan fingerprint density at radius 2 is 2.04 bits per heavy atom. The maximum atomic E-state index is 12.3. The zero-order valence-corrected chi connectivity index (χ0v) is 15.1. The minimum absolute atomic E-state index is 0.0389. The molecule has 1 aromatic carbocycles. The number of benzene rings is 1. The van der Waals surface area contributed by atoms with Crippen LogP contribution in [0.25, 0.3) is 0 Å². The maximum absolute atomic E-state index is 12.3. The van der Waals surface area contributed by atoms with Gasteiger partial charge in [0.2, 0.25) is 5.91 Å². The van der Waals surface area contributed by atoms with Gasteiger partial charge in [-0.05, 0) is 31.5 Å². The summed E-state index contributed by atoms with van der Waals surface area (Å²) < 4.78 is 17.1. The lowest BCUT2D eigenvalue weighted by Gasteiger charge is -2.39. The van der Waals surface area contributed by atoms with Crippen molar-refractivity contribution in [3.05, 3.63) is 29.8 Å². The molecule has 0 radical (unpaired) electrons. The Morgan fingerprint density at radius 3 is 2.72 bits per heavy atom. The van der Waals surface area contributed by atoms with Gasteiger partial charge in [0.15, 0.2) is 5.79 Å². The van der Waals surface area contributed by atoms with Gasteiger partial charge in [0.1, 0.15) is 12.4 Å². The van der Waals surface area contributed by atoms with E-state index in [0.717, 1.165) is 37.2 Å². The summed E-state index contributed by atoms with van der Waals surface area (Å²) in [6, 6.07) is 7.75. The van der Waals surface area contributed by atoms with Crippen molar-refractivity contribution in [1.29, 1.82) is 0 Å². The predicted octanol–water partition coefficient (Wildman–Crippen LogP) is 1.72. The van der Waals surface area contributed by atoms with Gasteiger partial charge in [0, 0.05) is 25.9 Å². The Labute approximate surface area is 149 Å². The van der Waals surface area contributed by atoms with Crippen molar-refractivity contribution >= 4 is 5.91 Å². The summed E-state index contributed by atoms with van der Waals surface area (Å²) in [7, 11) is 0. The largest absolute Gasteiger partial charge is 0.492 e. The number of amides is 1. The molecule has 2 saturated heterocycles. The zero-order valence-electron chi connectivity index (χ0n) is 15.1. The third-order valence-corrected chi connectivity index (χ3v) is 4.96. The number of rotatable bonds is 6. The normalized spacial score (nSPS) is 21.2. The Morgan fingerprint density at radius 1 is 1.32 bits per heavy atom. The molecule has 0 bridgehead atoms. The Hall–Kier alpha value is -1.63. The molecular weight excluding hydrogens is 320 g/mol. The standard InChI is InChI=1S/C19H28N2O4/c1-15-4-3-5-17(14-15)23-11-8-20-18(22)16(2)21-9-6-19(7-10-21)24-12-13-25-19/h3-5,14,16H,6-13H2,1-2H3,(H,20,22). The molecule has 1 N–H and O–H groups in total. The molecule has 1 atom stereocenters. The van der Waals surface area contributed by atoms with E-state index < -0.39 is 5.79 Å². The van der Waals surface area contributed by atoms with Gasteiger partial charge in [-0.1, -0.05) is 12.1 Å². The first-order valence-electron chi connectivity index (χ1n) is 9.07. The van der Waals surface area contributed by atoms with Crippen molar-refractivity contribution in [3.63, 3.8) is 0 Å². The first-order chi connectivity index (χ1) is 12.1. The van der Waals surface area contributed by atoms with Crippen LogP contribution in [0.5, 0.6) is 5.75 Å². The summed E-state index contributed by atoms with van der Waals surface area (Å²) >= 11 is 0. The average molecular weight is 348 g/mol. The van der Waals surface area contributed by atoms with Crippen molar-refractivity contribution < 1.29 is 19.0 Å². The van der Waals surface area contributed by atoms with Gasteiger partial charge in [-0.15, -0.1) is 0 Å². The predicted molar refractivity (Wildman–Crippen MR) is 94.6 cm³/mol.